The number of aromatic nitrogens is 2. The van der Waals surface area contributed by atoms with Gasteiger partial charge in [0, 0.05) is 41.8 Å². The Morgan fingerprint density at radius 2 is 1.50 bits per heavy atom. The van der Waals surface area contributed by atoms with Crippen LogP contribution in [0.25, 0.3) is 10.9 Å². The van der Waals surface area contributed by atoms with E-state index in [1.165, 1.54) is 0 Å². The number of amides is 1. The van der Waals surface area contributed by atoms with Gasteiger partial charge in [0.05, 0.1) is 6.61 Å². The van der Waals surface area contributed by atoms with Gasteiger partial charge in [-0.3, -0.25) is 9.78 Å². The second-order valence-electron chi connectivity index (χ2n) is 9.13. The van der Waals surface area contributed by atoms with Gasteiger partial charge in [0.1, 0.15) is 5.69 Å². The normalized spacial score (nSPS) is 12.6. The van der Waals surface area contributed by atoms with Gasteiger partial charge in [0.15, 0.2) is 5.54 Å². The van der Waals surface area contributed by atoms with Crippen molar-refractivity contribution >= 4 is 22.8 Å². The molecular formula is C32H29N3O3. The highest BCUT2D eigenvalue weighted by Crippen LogP contribution is 2.35. The van der Waals surface area contributed by atoms with E-state index in [0.717, 1.165) is 22.0 Å². The molecule has 6 nitrogen and oxygen atoms in total. The van der Waals surface area contributed by atoms with Gasteiger partial charge in [-0.05, 0) is 36.2 Å². The average molecular weight is 504 g/mol. The Balaban J connectivity index is 1.71. The molecule has 0 aliphatic heterocycles. The Kier molecular flexibility index (Phi) is 7.31. The molecule has 1 N–H and O–H groups in total. The van der Waals surface area contributed by atoms with Crippen LogP contribution in [0, 0.1) is 0 Å². The molecule has 1 unspecified atom stereocenters. The minimum Gasteiger partial charge on any atom is -0.464 e. The Bertz CT molecular complexity index is 1530. The zero-order valence-corrected chi connectivity index (χ0v) is 21.2. The Hall–Kier alpha value is -4.71. The van der Waals surface area contributed by atoms with Crippen LogP contribution in [-0.2, 0) is 28.0 Å². The van der Waals surface area contributed by atoms with Crippen LogP contribution in [0.3, 0.4) is 0 Å². The summed E-state index contributed by atoms with van der Waals surface area (Å²) in [5, 5.41) is 3.95. The van der Waals surface area contributed by atoms with Crippen LogP contribution in [0.4, 0.5) is 0 Å². The first kappa shape index (κ1) is 25.0. The molecule has 2 heterocycles. The molecule has 0 saturated carbocycles. The molecule has 1 atom stereocenters. The highest BCUT2D eigenvalue weighted by molar-refractivity contribution is 6.00. The third kappa shape index (κ3) is 5.06. The van der Waals surface area contributed by atoms with Gasteiger partial charge in [-0.15, -0.1) is 0 Å². The molecule has 38 heavy (non-hydrogen) atoms. The highest BCUT2D eigenvalue weighted by atomic mass is 16.5. The van der Waals surface area contributed by atoms with E-state index >= 15 is 0 Å². The average Bonchev–Trinajstić information content (AvgIpc) is 3.33. The van der Waals surface area contributed by atoms with Crippen molar-refractivity contribution in [3.63, 3.8) is 0 Å². The zero-order chi connectivity index (χ0) is 26.4. The molecule has 1 amide bonds. The van der Waals surface area contributed by atoms with Gasteiger partial charge in [-0.2, -0.15) is 0 Å². The molecule has 190 valence electrons. The Labute approximate surface area is 221 Å². The molecule has 0 aliphatic rings. The lowest BCUT2D eigenvalue weighted by Gasteiger charge is -2.32. The summed E-state index contributed by atoms with van der Waals surface area (Å²) in [7, 11) is 0. The van der Waals surface area contributed by atoms with Crippen LogP contribution in [0.15, 0.2) is 116 Å². The standard InChI is InChI=1S/C32H29N3O3/c1-2-38-31(37)32(21-24-13-5-3-6-14-24,34-30(36)28-18-11-12-20-33-28)27-23-35(22-25-15-7-4-8-16-25)29-19-10-9-17-26(27)29/h3-20,23H,2,21-22H2,1H3,(H,34,36). The van der Waals surface area contributed by atoms with Crippen molar-refractivity contribution in [1.82, 2.24) is 14.9 Å². The maximum absolute atomic E-state index is 14.0. The first-order chi connectivity index (χ1) is 18.6. The molecule has 5 aromatic rings. The van der Waals surface area contributed by atoms with Crippen molar-refractivity contribution < 1.29 is 14.3 Å². The van der Waals surface area contributed by atoms with Crippen molar-refractivity contribution in [3.05, 3.63) is 138 Å². The number of para-hydroxylation sites is 1. The van der Waals surface area contributed by atoms with Crippen LogP contribution in [0.2, 0.25) is 0 Å². The minimum atomic E-state index is -1.49. The number of carbonyl (C=O) groups is 2. The summed E-state index contributed by atoms with van der Waals surface area (Å²) in [5.74, 6) is -0.967. The Morgan fingerprint density at radius 3 is 2.18 bits per heavy atom. The summed E-state index contributed by atoms with van der Waals surface area (Å²) in [4.78, 5) is 31.8. The van der Waals surface area contributed by atoms with Crippen LogP contribution >= 0.6 is 0 Å². The molecule has 0 saturated heterocycles. The first-order valence-electron chi connectivity index (χ1n) is 12.7. The van der Waals surface area contributed by atoms with Gasteiger partial charge >= 0.3 is 5.97 Å². The molecule has 0 bridgehead atoms. The topological polar surface area (TPSA) is 73.2 Å². The maximum Gasteiger partial charge on any atom is 0.337 e. The molecule has 0 aliphatic carbocycles. The molecule has 3 aromatic carbocycles. The van der Waals surface area contributed by atoms with E-state index in [-0.39, 0.29) is 18.7 Å². The van der Waals surface area contributed by atoms with Gasteiger partial charge in [0.2, 0.25) is 0 Å². The predicted octanol–water partition coefficient (Wildman–Crippen LogP) is 5.52. The molecule has 0 radical (unpaired) electrons. The number of benzene rings is 3. The van der Waals surface area contributed by atoms with E-state index in [4.69, 9.17) is 4.74 Å². The van der Waals surface area contributed by atoms with Crippen molar-refractivity contribution in [2.24, 2.45) is 0 Å². The molecule has 0 fully saturated rings. The number of hydrogen-bond acceptors (Lipinski definition) is 4. The lowest BCUT2D eigenvalue weighted by molar-refractivity contribution is -0.151. The van der Waals surface area contributed by atoms with E-state index in [1.54, 1.807) is 31.3 Å². The van der Waals surface area contributed by atoms with Gasteiger partial charge < -0.3 is 14.6 Å². The lowest BCUT2D eigenvalue weighted by atomic mass is 9.83. The number of nitrogens with one attached hydrogen (secondary N) is 1. The molecule has 0 spiro atoms. The van der Waals surface area contributed by atoms with Crippen LogP contribution in [0.5, 0.6) is 0 Å². The fourth-order valence-corrected chi connectivity index (χ4v) is 4.85. The fraction of sp³-hybridized carbons (Fsp3) is 0.156. The third-order valence-corrected chi connectivity index (χ3v) is 6.60. The van der Waals surface area contributed by atoms with Gasteiger partial charge in [-0.1, -0.05) is 84.9 Å². The third-order valence-electron chi connectivity index (χ3n) is 6.60. The van der Waals surface area contributed by atoms with E-state index in [2.05, 4.69) is 27.0 Å². The molecule has 5 rings (SSSR count). The monoisotopic (exact) mass is 503 g/mol. The number of esters is 1. The van der Waals surface area contributed by atoms with E-state index in [9.17, 15) is 9.59 Å². The number of ether oxygens (including phenoxy) is 1. The molecule has 2 aromatic heterocycles. The van der Waals surface area contributed by atoms with Crippen molar-refractivity contribution in [1.29, 1.82) is 0 Å². The van der Waals surface area contributed by atoms with Crippen LogP contribution in [0.1, 0.15) is 34.1 Å². The molecule has 6 heteroatoms. The number of carbonyl (C=O) groups excluding carboxylic acids is 2. The number of hydrogen-bond donors (Lipinski definition) is 1. The van der Waals surface area contributed by atoms with Crippen LogP contribution in [-0.4, -0.2) is 28.0 Å². The van der Waals surface area contributed by atoms with Crippen molar-refractivity contribution in [2.45, 2.75) is 25.4 Å². The minimum absolute atomic E-state index is 0.178. The summed E-state index contributed by atoms with van der Waals surface area (Å²) in [5.41, 5.74) is 2.38. The largest absolute Gasteiger partial charge is 0.464 e. The highest BCUT2D eigenvalue weighted by Gasteiger charge is 2.46. The van der Waals surface area contributed by atoms with Crippen LogP contribution < -0.4 is 5.32 Å². The summed E-state index contributed by atoms with van der Waals surface area (Å²) in [6.07, 6.45) is 3.74. The second kappa shape index (κ2) is 11.1. The zero-order valence-electron chi connectivity index (χ0n) is 21.2. The number of nitrogens with zero attached hydrogens (tertiary/aromatic N) is 2. The summed E-state index contributed by atoms with van der Waals surface area (Å²) in [6, 6.07) is 32.9. The summed E-state index contributed by atoms with van der Waals surface area (Å²) < 4.78 is 7.78. The predicted molar refractivity (Wildman–Crippen MR) is 148 cm³/mol. The summed E-state index contributed by atoms with van der Waals surface area (Å²) in [6.45, 7) is 2.56. The lowest BCUT2D eigenvalue weighted by Crippen LogP contribution is -2.54. The van der Waals surface area contributed by atoms with E-state index in [1.807, 2.05) is 79.0 Å². The summed E-state index contributed by atoms with van der Waals surface area (Å²) >= 11 is 0. The van der Waals surface area contributed by atoms with Gasteiger partial charge in [-0.25, -0.2) is 4.79 Å². The molecular weight excluding hydrogens is 474 g/mol. The SMILES string of the molecule is CCOC(=O)C(Cc1ccccc1)(NC(=O)c1ccccn1)c1cn(Cc2ccccc2)c2ccccc12. The fourth-order valence-electron chi connectivity index (χ4n) is 4.85. The van der Waals surface area contributed by atoms with E-state index in [0.29, 0.717) is 12.1 Å². The smallest absolute Gasteiger partial charge is 0.337 e. The Morgan fingerprint density at radius 1 is 0.842 bits per heavy atom. The van der Waals surface area contributed by atoms with Gasteiger partial charge in [0.25, 0.3) is 5.91 Å². The quantitative estimate of drug-likeness (QED) is 0.269. The van der Waals surface area contributed by atoms with Crippen molar-refractivity contribution in [2.75, 3.05) is 6.61 Å². The second-order valence-corrected chi connectivity index (χ2v) is 9.13. The number of rotatable bonds is 9. The van der Waals surface area contributed by atoms with E-state index < -0.39 is 17.4 Å². The number of pyridine rings is 1. The first-order valence-corrected chi connectivity index (χ1v) is 12.7. The number of fused-ring (bicyclic) bond motifs is 1. The van der Waals surface area contributed by atoms with Crippen molar-refractivity contribution in [3.8, 4) is 0 Å². The maximum atomic E-state index is 14.0.